The van der Waals surface area contributed by atoms with Crippen molar-refractivity contribution in [1.29, 1.82) is 0 Å². The molecule has 0 fully saturated rings. The van der Waals surface area contributed by atoms with E-state index in [1.165, 1.54) is 7.11 Å². The van der Waals surface area contributed by atoms with Gasteiger partial charge in [0, 0.05) is 18.5 Å². The summed E-state index contributed by atoms with van der Waals surface area (Å²) in [6.07, 6.45) is -0.213. The van der Waals surface area contributed by atoms with Crippen LogP contribution in [0, 0.1) is 17.8 Å². The number of carbonyl (C=O) groups is 4. The Morgan fingerprint density at radius 1 is 0.905 bits per heavy atom. The molecule has 0 saturated heterocycles. The molecule has 11 nitrogen and oxygen atoms in total. The molecule has 0 aliphatic carbocycles. The Bertz CT molecular complexity index is 978. The highest BCUT2D eigenvalue weighted by Crippen LogP contribution is 2.15. The van der Waals surface area contributed by atoms with E-state index in [1.807, 2.05) is 58.0 Å². The van der Waals surface area contributed by atoms with E-state index in [0.29, 0.717) is 6.42 Å². The second-order valence-corrected chi connectivity index (χ2v) is 12.3. The lowest BCUT2D eigenvalue weighted by Gasteiger charge is -2.30. The first-order valence-corrected chi connectivity index (χ1v) is 14.5. The monoisotopic (exact) mass is 593 g/mol. The molecule has 1 aromatic carbocycles. The Balaban J connectivity index is 3.08. The van der Waals surface area contributed by atoms with Crippen molar-refractivity contribution < 1.29 is 38.5 Å². The second kappa shape index (κ2) is 18.4. The number of carbonyl (C=O) groups excluding carboxylic acids is 4. The molecule has 1 rings (SSSR count). The van der Waals surface area contributed by atoms with Gasteiger partial charge in [-0.05, 0) is 44.6 Å². The van der Waals surface area contributed by atoms with Crippen molar-refractivity contribution in [2.24, 2.45) is 17.8 Å². The van der Waals surface area contributed by atoms with Crippen molar-refractivity contribution in [3.8, 4) is 0 Å². The van der Waals surface area contributed by atoms with Crippen LogP contribution in [0.4, 0.5) is 4.79 Å². The van der Waals surface area contributed by atoms with Gasteiger partial charge in [-0.25, -0.2) is 4.79 Å². The van der Waals surface area contributed by atoms with Gasteiger partial charge in [-0.15, -0.1) is 0 Å². The van der Waals surface area contributed by atoms with Crippen molar-refractivity contribution in [2.45, 2.75) is 98.1 Å². The highest BCUT2D eigenvalue weighted by molar-refractivity contribution is 5.83. The molecule has 0 aliphatic heterocycles. The maximum Gasteiger partial charge on any atom is 0.407 e. The van der Waals surface area contributed by atoms with Gasteiger partial charge in [-0.2, -0.15) is 0 Å². The summed E-state index contributed by atoms with van der Waals surface area (Å²) in [4.78, 5) is 50.9. The summed E-state index contributed by atoms with van der Waals surface area (Å²) in [5.74, 6) is -2.39. The Morgan fingerprint density at radius 3 is 2.07 bits per heavy atom. The minimum absolute atomic E-state index is 0.0213. The number of esters is 1. The van der Waals surface area contributed by atoms with Gasteiger partial charge in [0.2, 0.25) is 11.8 Å². The van der Waals surface area contributed by atoms with Crippen molar-refractivity contribution in [3.63, 3.8) is 0 Å². The zero-order valence-electron chi connectivity index (χ0n) is 26.4. The van der Waals surface area contributed by atoms with Crippen LogP contribution in [0.1, 0.15) is 73.3 Å². The first kappa shape index (κ1) is 36.8. The minimum atomic E-state index is -1.06. The van der Waals surface area contributed by atoms with Gasteiger partial charge in [-0.3, -0.25) is 14.4 Å². The molecular weight excluding hydrogens is 542 g/mol. The van der Waals surface area contributed by atoms with Gasteiger partial charge in [0.1, 0.15) is 5.60 Å². The number of alkyl carbamates (subject to hydrolysis) is 1. The molecule has 0 saturated carbocycles. The molecule has 0 spiro atoms. The van der Waals surface area contributed by atoms with Crippen LogP contribution in [-0.2, 0) is 35.2 Å². The Hall–Kier alpha value is -3.18. The fourth-order valence-corrected chi connectivity index (χ4v) is 4.26. The number of amides is 3. The molecule has 4 N–H and O–H groups in total. The van der Waals surface area contributed by atoms with E-state index < -0.39 is 60.1 Å². The lowest BCUT2D eigenvalue weighted by atomic mass is 9.96. The van der Waals surface area contributed by atoms with Crippen LogP contribution in [0.25, 0.3) is 0 Å². The van der Waals surface area contributed by atoms with Gasteiger partial charge >= 0.3 is 12.1 Å². The normalized spacial score (nSPS) is 14.5. The van der Waals surface area contributed by atoms with Crippen LogP contribution in [0.3, 0.4) is 0 Å². The van der Waals surface area contributed by atoms with Crippen LogP contribution < -0.4 is 16.0 Å². The Labute approximate surface area is 250 Å². The van der Waals surface area contributed by atoms with E-state index in [0.717, 1.165) is 5.56 Å². The lowest BCUT2D eigenvalue weighted by molar-refractivity contribution is -0.141. The van der Waals surface area contributed by atoms with Gasteiger partial charge < -0.3 is 35.3 Å². The third-order valence-corrected chi connectivity index (χ3v) is 6.43. The summed E-state index contributed by atoms with van der Waals surface area (Å²) in [5.41, 5.74) is 0.210. The summed E-state index contributed by atoms with van der Waals surface area (Å²) in [7, 11) is 1.28. The average Bonchev–Trinajstić information content (AvgIpc) is 2.87. The summed E-state index contributed by atoms with van der Waals surface area (Å²) >= 11 is 0. The van der Waals surface area contributed by atoms with Crippen LogP contribution in [-0.4, -0.2) is 73.0 Å². The van der Waals surface area contributed by atoms with Crippen LogP contribution in [0.5, 0.6) is 0 Å². The molecule has 238 valence electrons. The SMILES string of the molecule is COC(=O)C[C@H](CC(C)C)NC(=O)[C@@H](CO)[C@H](COCc1ccccc1)NC(=O)C[C@@H](NC(=O)OC(C)(C)C)C(C)C. The summed E-state index contributed by atoms with van der Waals surface area (Å²) in [6.45, 7) is 12.5. The van der Waals surface area contributed by atoms with Crippen molar-refractivity contribution in [1.82, 2.24) is 16.0 Å². The molecular formula is C31H51N3O8. The Kier molecular flexibility index (Phi) is 16.1. The molecule has 0 bridgehead atoms. The summed E-state index contributed by atoms with van der Waals surface area (Å²) < 4.78 is 16.0. The van der Waals surface area contributed by atoms with Crippen molar-refractivity contribution >= 4 is 23.9 Å². The standard InChI is InChI=1S/C31H51N3O8/c1-20(2)14-23(15-28(37)40-8)32-29(38)24(17-35)26(19-41-18-22-12-10-9-11-13-22)33-27(36)16-25(21(3)4)34-30(39)42-31(5,6)7/h9-13,20-21,23-26,35H,14-19H2,1-8H3,(H,32,38)(H,33,36)(H,34,39)/t23-,24-,25+,26-/m0/s1. The fourth-order valence-electron chi connectivity index (χ4n) is 4.26. The molecule has 1 aromatic rings. The second-order valence-electron chi connectivity index (χ2n) is 12.3. The third kappa shape index (κ3) is 15.2. The summed E-state index contributed by atoms with van der Waals surface area (Å²) in [6, 6.07) is 7.48. The van der Waals surface area contributed by atoms with Crippen molar-refractivity contribution in [3.05, 3.63) is 35.9 Å². The lowest BCUT2D eigenvalue weighted by Crippen LogP contribution is -2.53. The van der Waals surface area contributed by atoms with Gasteiger partial charge in [0.05, 0.1) is 45.3 Å². The van der Waals surface area contributed by atoms with E-state index >= 15 is 0 Å². The molecule has 0 radical (unpaired) electrons. The summed E-state index contributed by atoms with van der Waals surface area (Å²) in [5, 5.41) is 18.7. The topological polar surface area (TPSA) is 152 Å². The number of aliphatic hydroxyl groups excluding tert-OH is 1. The third-order valence-electron chi connectivity index (χ3n) is 6.43. The first-order chi connectivity index (χ1) is 19.6. The molecule has 42 heavy (non-hydrogen) atoms. The zero-order valence-corrected chi connectivity index (χ0v) is 26.4. The maximum absolute atomic E-state index is 13.4. The number of methoxy groups -OCH3 is 1. The van der Waals surface area contributed by atoms with Gasteiger partial charge in [0.15, 0.2) is 0 Å². The molecule has 0 aromatic heterocycles. The largest absolute Gasteiger partial charge is 0.469 e. The van der Waals surface area contributed by atoms with E-state index in [-0.39, 0.29) is 37.9 Å². The van der Waals surface area contributed by atoms with Crippen LogP contribution >= 0.6 is 0 Å². The van der Waals surface area contributed by atoms with Gasteiger partial charge in [0.25, 0.3) is 0 Å². The van der Waals surface area contributed by atoms with E-state index in [9.17, 15) is 24.3 Å². The van der Waals surface area contributed by atoms with E-state index in [1.54, 1.807) is 20.8 Å². The molecule has 0 heterocycles. The fraction of sp³-hybridized carbons (Fsp3) is 0.677. The minimum Gasteiger partial charge on any atom is -0.469 e. The number of hydrogen-bond donors (Lipinski definition) is 4. The van der Waals surface area contributed by atoms with Crippen LogP contribution in [0.2, 0.25) is 0 Å². The van der Waals surface area contributed by atoms with Gasteiger partial charge in [-0.1, -0.05) is 58.0 Å². The number of ether oxygens (including phenoxy) is 3. The smallest absolute Gasteiger partial charge is 0.407 e. The number of nitrogens with one attached hydrogen (secondary N) is 3. The Morgan fingerprint density at radius 2 is 1.55 bits per heavy atom. The average molecular weight is 594 g/mol. The first-order valence-electron chi connectivity index (χ1n) is 14.5. The van der Waals surface area contributed by atoms with E-state index in [2.05, 4.69) is 16.0 Å². The highest BCUT2D eigenvalue weighted by Gasteiger charge is 2.33. The highest BCUT2D eigenvalue weighted by atomic mass is 16.6. The van der Waals surface area contributed by atoms with E-state index in [4.69, 9.17) is 14.2 Å². The molecule has 4 atom stereocenters. The number of rotatable bonds is 17. The molecule has 0 unspecified atom stereocenters. The number of aliphatic hydroxyl groups is 1. The molecule has 0 aliphatic rings. The predicted molar refractivity (Wildman–Crippen MR) is 159 cm³/mol. The number of benzene rings is 1. The zero-order chi connectivity index (χ0) is 31.9. The predicted octanol–water partition coefficient (Wildman–Crippen LogP) is 3.33. The maximum atomic E-state index is 13.4. The van der Waals surface area contributed by atoms with Crippen LogP contribution in [0.15, 0.2) is 30.3 Å². The quantitative estimate of drug-likeness (QED) is 0.201. The molecule has 3 amide bonds. The molecule has 11 heteroatoms. The van der Waals surface area contributed by atoms with Crippen molar-refractivity contribution in [2.75, 3.05) is 20.3 Å². The number of hydrogen-bond acceptors (Lipinski definition) is 8.